The van der Waals surface area contributed by atoms with Crippen molar-refractivity contribution in [3.05, 3.63) is 45.1 Å². The summed E-state index contributed by atoms with van der Waals surface area (Å²) in [5.74, 6) is 6.74. The van der Waals surface area contributed by atoms with Crippen molar-refractivity contribution in [3.63, 3.8) is 0 Å². The molecule has 18 heavy (non-hydrogen) atoms. The van der Waals surface area contributed by atoms with Gasteiger partial charge in [0, 0.05) is 22.6 Å². The van der Waals surface area contributed by atoms with Crippen LogP contribution >= 0.6 is 34.7 Å². The fourth-order valence-corrected chi connectivity index (χ4v) is 4.00. The molecule has 0 aliphatic carbocycles. The van der Waals surface area contributed by atoms with Crippen LogP contribution in [0.4, 0.5) is 5.69 Å². The van der Waals surface area contributed by atoms with E-state index >= 15 is 0 Å². The Morgan fingerprint density at radius 3 is 2.72 bits per heavy atom. The topological polar surface area (TPSA) is 29.3 Å². The standard InChI is InChI=1S/C13H15ClN2S2/c1-9-6-7-10(18-9)8-17-13-11(14)4-3-5-12(13)16(2)15/h3-7H,8,15H2,1-2H3. The highest BCUT2D eigenvalue weighted by Gasteiger charge is 2.10. The third-order valence-electron chi connectivity index (χ3n) is 2.48. The highest BCUT2D eigenvalue weighted by atomic mass is 35.5. The number of thioether (sulfide) groups is 1. The van der Waals surface area contributed by atoms with Crippen LogP contribution in [0.25, 0.3) is 0 Å². The van der Waals surface area contributed by atoms with Gasteiger partial charge in [0.1, 0.15) is 0 Å². The highest BCUT2D eigenvalue weighted by Crippen LogP contribution is 2.37. The number of rotatable bonds is 4. The van der Waals surface area contributed by atoms with Crippen molar-refractivity contribution in [2.45, 2.75) is 17.6 Å². The summed E-state index contributed by atoms with van der Waals surface area (Å²) in [6.07, 6.45) is 0. The summed E-state index contributed by atoms with van der Waals surface area (Å²) in [6.45, 7) is 2.12. The molecule has 1 aromatic carbocycles. The Hall–Kier alpha value is -0.680. The van der Waals surface area contributed by atoms with E-state index in [0.717, 1.165) is 21.4 Å². The Labute approximate surface area is 121 Å². The Kier molecular flexibility index (Phi) is 4.56. The number of hydrogen-bond donors (Lipinski definition) is 1. The molecule has 0 radical (unpaired) electrons. The van der Waals surface area contributed by atoms with Crippen molar-refractivity contribution in [1.82, 2.24) is 0 Å². The zero-order valence-corrected chi connectivity index (χ0v) is 12.7. The summed E-state index contributed by atoms with van der Waals surface area (Å²) in [5.41, 5.74) is 0.959. The lowest BCUT2D eigenvalue weighted by molar-refractivity contribution is 0.996. The summed E-state index contributed by atoms with van der Waals surface area (Å²) in [6, 6.07) is 10.1. The molecular weight excluding hydrogens is 284 g/mol. The van der Waals surface area contributed by atoms with Crippen LogP contribution in [0.1, 0.15) is 9.75 Å². The molecule has 0 fully saturated rings. The van der Waals surface area contributed by atoms with E-state index in [1.165, 1.54) is 9.75 Å². The molecule has 0 spiro atoms. The van der Waals surface area contributed by atoms with Gasteiger partial charge in [-0.05, 0) is 31.2 Å². The first-order valence-corrected chi connectivity index (χ1v) is 7.71. The fourth-order valence-electron chi connectivity index (χ4n) is 1.62. The molecule has 0 atom stereocenters. The number of halogens is 1. The highest BCUT2D eigenvalue weighted by molar-refractivity contribution is 7.99. The maximum atomic E-state index is 6.25. The van der Waals surface area contributed by atoms with E-state index in [1.807, 2.05) is 36.6 Å². The maximum Gasteiger partial charge on any atom is 0.0664 e. The summed E-state index contributed by atoms with van der Waals surface area (Å²) in [4.78, 5) is 3.72. The zero-order chi connectivity index (χ0) is 13.1. The van der Waals surface area contributed by atoms with Crippen LogP contribution in [0.2, 0.25) is 5.02 Å². The van der Waals surface area contributed by atoms with E-state index in [0.29, 0.717) is 0 Å². The van der Waals surface area contributed by atoms with Crippen LogP contribution in [0.3, 0.4) is 0 Å². The number of anilines is 1. The zero-order valence-electron chi connectivity index (χ0n) is 10.3. The second-order valence-corrected chi connectivity index (χ2v) is 6.77. The number of hydrazine groups is 1. The predicted molar refractivity (Wildman–Crippen MR) is 82.7 cm³/mol. The number of aryl methyl sites for hydroxylation is 1. The largest absolute Gasteiger partial charge is 0.313 e. The van der Waals surface area contributed by atoms with Gasteiger partial charge in [-0.2, -0.15) is 0 Å². The minimum Gasteiger partial charge on any atom is -0.313 e. The van der Waals surface area contributed by atoms with Gasteiger partial charge in [-0.25, -0.2) is 5.84 Å². The van der Waals surface area contributed by atoms with Gasteiger partial charge in [0.25, 0.3) is 0 Å². The maximum absolute atomic E-state index is 6.25. The number of benzene rings is 1. The third kappa shape index (κ3) is 3.20. The number of nitrogens with zero attached hydrogens (tertiary/aromatic N) is 1. The molecule has 0 aliphatic heterocycles. The molecule has 96 valence electrons. The van der Waals surface area contributed by atoms with Crippen molar-refractivity contribution in [1.29, 1.82) is 0 Å². The van der Waals surface area contributed by atoms with E-state index < -0.39 is 0 Å². The van der Waals surface area contributed by atoms with E-state index in [4.69, 9.17) is 17.4 Å². The molecule has 1 aromatic heterocycles. The first-order valence-electron chi connectivity index (χ1n) is 5.53. The van der Waals surface area contributed by atoms with Crippen molar-refractivity contribution in [3.8, 4) is 0 Å². The monoisotopic (exact) mass is 298 g/mol. The van der Waals surface area contributed by atoms with E-state index in [1.54, 1.807) is 16.8 Å². The van der Waals surface area contributed by atoms with Crippen LogP contribution in [0.5, 0.6) is 0 Å². The minimum absolute atomic E-state index is 0.753. The Morgan fingerprint density at radius 2 is 2.11 bits per heavy atom. The van der Waals surface area contributed by atoms with E-state index in [-0.39, 0.29) is 0 Å². The molecule has 0 saturated carbocycles. The smallest absolute Gasteiger partial charge is 0.0664 e. The van der Waals surface area contributed by atoms with Gasteiger partial charge in [-0.1, -0.05) is 17.7 Å². The van der Waals surface area contributed by atoms with Gasteiger partial charge in [0.15, 0.2) is 0 Å². The molecule has 2 N–H and O–H groups in total. The molecule has 5 heteroatoms. The average Bonchev–Trinajstić information content (AvgIpc) is 2.73. The van der Waals surface area contributed by atoms with Crippen molar-refractivity contribution in [2.75, 3.05) is 12.1 Å². The molecule has 0 saturated heterocycles. The lowest BCUT2D eigenvalue weighted by Crippen LogP contribution is -2.25. The molecule has 0 amide bonds. The molecule has 2 rings (SSSR count). The molecule has 2 nitrogen and oxygen atoms in total. The predicted octanol–water partition coefficient (Wildman–Crippen LogP) is 4.31. The van der Waals surface area contributed by atoms with Crippen molar-refractivity contribution < 1.29 is 0 Å². The van der Waals surface area contributed by atoms with Gasteiger partial charge in [0.2, 0.25) is 0 Å². The Balaban J connectivity index is 2.18. The summed E-state index contributed by atoms with van der Waals surface area (Å²) < 4.78 is 0. The van der Waals surface area contributed by atoms with Gasteiger partial charge < -0.3 is 5.01 Å². The van der Waals surface area contributed by atoms with Crippen LogP contribution < -0.4 is 10.9 Å². The third-order valence-corrected chi connectivity index (χ3v) is 5.26. The van der Waals surface area contributed by atoms with Crippen molar-refractivity contribution in [2.24, 2.45) is 5.84 Å². The molecule has 0 bridgehead atoms. The van der Waals surface area contributed by atoms with Gasteiger partial charge in [0.05, 0.1) is 15.6 Å². The molecular formula is C13H15ClN2S2. The molecule has 1 heterocycles. The normalized spacial score (nSPS) is 10.7. The van der Waals surface area contributed by atoms with Crippen LogP contribution in [-0.2, 0) is 5.75 Å². The molecule has 2 aromatic rings. The van der Waals surface area contributed by atoms with E-state index in [2.05, 4.69) is 19.1 Å². The quantitative estimate of drug-likeness (QED) is 0.518. The number of thiophene rings is 1. The Morgan fingerprint density at radius 1 is 1.33 bits per heavy atom. The lowest BCUT2D eigenvalue weighted by Gasteiger charge is -2.17. The van der Waals surface area contributed by atoms with E-state index in [9.17, 15) is 0 Å². The van der Waals surface area contributed by atoms with Crippen LogP contribution in [-0.4, -0.2) is 7.05 Å². The number of nitrogens with two attached hydrogens (primary N) is 1. The van der Waals surface area contributed by atoms with Crippen molar-refractivity contribution >= 4 is 40.4 Å². The first kappa shape index (κ1) is 13.7. The van der Waals surface area contributed by atoms with Gasteiger partial charge >= 0.3 is 0 Å². The second-order valence-electron chi connectivity index (χ2n) is 4.00. The Bertz CT molecular complexity index is 538. The summed E-state index contributed by atoms with van der Waals surface area (Å²) in [5, 5.41) is 2.36. The lowest BCUT2D eigenvalue weighted by atomic mass is 10.3. The summed E-state index contributed by atoms with van der Waals surface area (Å²) in [7, 11) is 1.82. The molecule has 0 aliphatic rings. The first-order chi connectivity index (χ1) is 8.58. The molecule has 0 unspecified atom stereocenters. The van der Waals surface area contributed by atoms with Crippen LogP contribution in [0.15, 0.2) is 35.2 Å². The van der Waals surface area contributed by atoms with Gasteiger partial charge in [-0.3, -0.25) is 0 Å². The van der Waals surface area contributed by atoms with Gasteiger partial charge in [-0.15, -0.1) is 23.1 Å². The fraction of sp³-hybridized carbons (Fsp3) is 0.231. The SMILES string of the molecule is Cc1ccc(CSc2c(Cl)cccc2N(C)N)s1. The second kappa shape index (κ2) is 5.97. The van der Waals surface area contributed by atoms with Crippen LogP contribution in [0, 0.1) is 6.92 Å². The summed E-state index contributed by atoms with van der Waals surface area (Å²) >= 11 is 9.79. The average molecular weight is 299 g/mol. The number of hydrogen-bond acceptors (Lipinski definition) is 4. The minimum atomic E-state index is 0.753.